The van der Waals surface area contributed by atoms with Gasteiger partial charge in [0.2, 0.25) is 0 Å². The third-order valence-corrected chi connectivity index (χ3v) is 3.78. The van der Waals surface area contributed by atoms with Crippen molar-refractivity contribution in [2.45, 2.75) is 13.5 Å². The van der Waals surface area contributed by atoms with Crippen molar-refractivity contribution in [3.63, 3.8) is 0 Å². The summed E-state index contributed by atoms with van der Waals surface area (Å²) in [5.41, 5.74) is 2.69. The molecule has 0 aliphatic rings. The fourth-order valence-corrected chi connectivity index (χ4v) is 2.69. The van der Waals surface area contributed by atoms with E-state index in [1.54, 1.807) is 28.9 Å². The van der Waals surface area contributed by atoms with E-state index in [2.05, 4.69) is 9.97 Å². The van der Waals surface area contributed by atoms with Crippen molar-refractivity contribution in [1.29, 1.82) is 0 Å². The number of benzene rings is 1. The number of hydrogen-bond donors (Lipinski definition) is 1. The Hall–Kier alpha value is -2.99. The maximum atomic E-state index is 12.3. The first-order chi connectivity index (χ1) is 11.2. The third kappa shape index (κ3) is 2.11. The van der Waals surface area contributed by atoms with Crippen LogP contribution >= 0.6 is 0 Å². The van der Waals surface area contributed by atoms with Gasteiger partial charge in [-0.05, 0) is 19.1 Å². The van der Waals surface area contributed by atoms with E-state index in [4.69, 9.17) is 4.42 Å². The van der Waals surface area contributed by atoms with Gasteiger partial charge in [-0.3, -0.25) is 9.38 Å². The predicted octanol–water partition coefficient (Wildman–Crippen LogP) is 2.30. The summed E-state index contributed by atoms with van der Waals surface area (Å²) in [6, 6.07) is 9.02. The van der Waals surface area contributed by atoms with Gasteiger partial charge in [-0.15, -0.1) is 0 Å². The monoisotopic (exact) mass is 307 g/mol. The molecule has 0 fully saturated rings. The topological polar surface area (TPSA) is 80.6 Å². The highest BCUT2D eigenvalue weighted by molar-refractivity contribution is 5.81. The van der Waals surface area contributed by atoms with Crippen molar-refractivity contribution >= 4 is 16.6 Å². The highest BCUT2D eigenvalue weighted by Gasteiger charge is 2.18. The molecule has 0 bridgehead atoms. The SMILES string of the molecule is Cc1cn2c(CO)c(-c3cc4ccccc4oc3=O)nc2cn1. The number of aromatic nitrogens is 3. The molecule has 1 N–H and O–H groups in total. The van der Waals surface area contributed by atoms with Crippen molar-refractivity contribution in [2.24, 2.45) is 0 Å². The molecule has 1 aromatic carbocycles. The average molecular weight is 307 g/mol. The maximum Gasteiger partial charge on any atom is 0.345 e. The Morgan fingerprint density at radius 3 is 2.96 bits per heavy atom. The number of rotatable bonds is 2. The van der Waals surface area contributed by atoms with Crippen LogP contribution in [0.25, 0.3) is 27.9 Å². The Labute approximate surface area is 130 Å². The minimum atomic E-state index is -0.480. The van der Waals surface area contributed by atoms with Crippen LogP contribution in [0, 0.1) is 6.92 Å². The summed E-state index contributed by atoms with van der Waals surface area (Å²) >= 11 is 0. The van der Waals surface area contributed by atoms with Crippen LogP contribution in [0.1, 0.15) is 11.4 Å². The predicted molar refractivity (Wildman–Crippen MR) is 85.1 cm³/mol. The van der Waals surface area contributed by atoms with Crippen LogP contribution in [-0.4, -0.2) is 19.5 Å². The maximum absolute atomic E-state index is 12.3. The van der Waals surface area contributed by atoms with Crippen LogP contribution in [0.15, 0.2) is 51.9 Å². The molecular formula is C17H13N3O3. The number of fused-ring (bicyclic) bond motifs is 2. The zero-order chi connectivity index (χ0) is 16.0. The number of imidazole rings is 1. The summed E-state index contributed by atoms with van der Waals surface area (Å²) in [7, 11) is 0. The average Bonchev–Trinajstić information content (AvgIpc) is 2.91. The largest absolute Gasteiger partial charge is 0.422 e. The Bertz CT molecular complexity index is 1100. The van der Waals surface area contributed by atoms with Crippen molar-refractivity contribution < 1.29 is 9.52 Å². The molecule has 0 saturated carbocycles. The van der Waals surface area contributed by atoms with Crippen LogP contribution in [0.2, 0.25) is 0 Å². The first kappa shape index (κ1) is 13.7. The second-order valence-electron chi connectivity index (χ2n) is 5.31. The second kappa shape index (κ2) is 5.03. The van der Waals surface area contributed by atoms with Gasteiger partial charge in [0.1, 0.15) is 11.3 Å². The molecule has 0 saturated heterocycles. The van der Waals surface area contributed by atoms with Gasteiger partial charge in [0.05, 0.1) is 29.8 Å². The van der Waals surface area contributed by atoms with E-state index in [9.17, 15) is 9.90 Å². The Morgan fingerprint density at radius 2 is 2.13 bits per heavy atom. The van der Waals surface area contributed by atoms with E-state index in [-0.39, 0.29) is 6.61 Å². The summed E-state index contributed by atoms with van der Waals surface area (Å²) in [5.74, 6) is 0. The van der Waals surface area contributed by atoms with Crippen LogP contribution in [-0.2, 0) is 6.61 Å². The second-order valence-corrected chi connectivity index (χ2v) is 5.31. The molecule has 0 aliphatic heterocycles. The van der Waals surface area contributed by atoms with E-state index < -0.39 is 5.63 Å². The number of aliphatic hydroxyl groups excluding tert-OH is 1. The van der Waals surface area contributed by atoms with Crippen molar-refractivity contribution in [3.05, 3.63) is 64.5 Å². The molecular weight excluding hydrogens is 294 g/mol. The van der Waals surface area contributed by atoms with Gasteiger partial charge in [-0.25, -0.2) is 9.78 Å². The molecule has 4 aromatic rings. The van der Waals surface area contributed by atoms with E-state index in [1.165, 1.54) is 0 Å². The summed E-state index contributed by atoms with van der Waals surface area (Å²) in [4.78, 5) is 21.0. The van der Waals surface area contributed by atoms with Gasteiger partial charge in [0.15, 0.2) is 5.65 Å². The molecule has 0 aliphatic carbocycles. The minimum absolute atomic E-state index is 0.244. The van der Waals surface area contributed by atoms with Gasteiger partial charge in [0, 0.05) is 11.6 Å². The lowest BCUT2D eigenvalue weighted by molar-refractivity contribution is 0.276. The number of nitrogens with zero attached hydrogens (tertiary/aromatic N) is 3. The fraction of sp³-hybridized carbons (Fsp3) is 0.118. The summed E-state index contributed by atoms with van der Waals surface area (Å²) in [6.45, 7) is 1.61. The lowest BCUT2D eigenvalue weighted by Gasteiger charge is -2.03. The van der Waals surface area contributed by atoms with Crippen molar-refractivity contribution in [1.82, 2.24) is 14.4 Å². The first-order valence-corrected chi connectivity index (χ1v) is 7.15. The van der Waals surface area contributed by atoms with E-state index in [0.29, 0.717) is 28.2 Å². The van der Waals surface area contributed by atoms with Gasteiger partial charge < -0.3 is 9.52 Å². The summed E-state index contributed by atoms with van der Waals surface area (Å²) in [5, 5.41) is 10.6. The Kier molecular flexibility index (Phi) is 2.99. The summed E-state index contributed by atoms with van der Waals surface area (Å²) in [6.07, 6.45) is 3.39. The quantitative estimate of drug-likeness (QED) is 0.575. The number of aliphatic hydroxyl groups is 1. The van der Waals surface area contributed by atoms with Crippen molar-refractivity contribution in [3.8, 4) is 11.3 Å². The van der Waals surface area contributed by atoms with E-state index >= 15 is 0 Å². The number of hydrogen-bond acceptors (Lipinski definition) is 5. The molecule has 0 amide bonds. The molecule has 3 heterocycles. The lowest BCUT2D eigenvalue weighted by Crippen LogP contribution is -2.05. The van der Waals surface area contributed by atoms with Crippen LogP contribution in [0.5, 0.6) is 0 Å². The highest BCUT2D eigenvalue weighted by Crippen LogP contribution is 2.25. The molecule has 3 aromatic heterocycles. The molecule has 0 unspecified atom stereocenters. The molecule has 0 radical (unpaired) electrons. The van der Waals surface area contributed by atoms with Crippen LogP contribution < -0.4 is 5.63 Å². The van der Waals surface area contributed by atoms with E-state index in [1.807, 2.05) is 25.1 Å². The standard InChI is InChI=1S/C17H13N3O3/c1-10-8-20-13(9-21)16(19-15(20)7-18-10)12-6-11-4-2-3-5-14(11)23-17(12)22/h2-8,21H,9H2,1H3. The fourth-order valence-electron chi connectivity index (χ4n) is 2.69. The highest BCUT2D eigenvalue weighted by atomic mass is 16.4. The lowest BCUT2D eigenvalue weighted by atomic mass is 10.1. The molecule has 114 valence electrons. The molecule has 6 heteroatoms. The zero-order valence-electron chi connectivity index (χ0n) is 12.4. The molecule has 0 atom stereocenters. The van der Waals surface area contributed by atoms with Crippen molar-refractivity contribution in [2.75, 3.05) is 0 Å². The third-order valence-electron chi connectivity index (χ3n) is 3.78. The van der Waals surface area contributed by atoms with Crippen LogP contribution in [0.4, 0.5) is 0 Å². The number of aryl methyl sites for hydroxylation is 1. The van der Waals surface area contributed by atoms with Gasteiger partial charge >= 0.3 is 5.63 Å². The molecule has 0 spiro atoms. The Balaban J connectivity index is 2.06. The van der Waals surface area contributed by atoms with Gasteiger partial charge in [-0.1, -0.05) is 18.2 Å². The normalized spacial score (nSPS) is 11.4. The smallest absolute Gasteiger partial charge is 0.345 e. The minimum Gasteiger partial charge on any atom is -0.422 e. The number of para-hydroxylation sites is 1. The van der Waals surface area contributed by atoms with Gasteiger partial charge in [0.25, 0.3) is 0 Å². The van der Waals surface area contributed by atoms with Crippen LogP contribution in [0.3, 0.4) is 0 Å². The van der Waals surface area contributed by atoms with E-state index in [0.717, 1.165) is 11.1 Å². The summed E-state index contributed by atoms with van der Waals surface area (Å²) < 4.78 is 7.11. The van der Waals surface area contributed by atoms with Gasteiger partial charge in [-0.2, -0.15) is 0 Å². The zero-order valence-corrected chi connectivity index (χ0v) is 12.4. The molecule has 6 nitrogen and oxygen atoms in total. The first-order valence-electron chi connectivity index (χ1n) is 7.15. The Morgan fingerprint density at radius 1 is 1.30 bits per heavy atom. The molecule has 23 heavy (non-hydrogen) atoms. The molecule has 4 rings (SSSR count).